The van der Waals surface area contributed by atoms with Gasteiger partial charge in [0, 0.05) is 41.5 Å². The van der Waals surface area contributed by atoms with Crippen molar-refractivity contribution in [1.82, 2.24) is 25.0 Å². The molecule has 9 heteroatoms. The van der Waals surface area contributed by atoms with Gasteiger partial charge in [0.15, 0.2) is 5.82 Å². The number of nitrogens with zero attached hydrogens (tertiary/aromatic N) is 4. The molecule has 3 N–H and O–H groups in total. The summed E-state index contributed by atoms with van der Waals surface area (Å²) in [6, 6.07) is 7.80. The maximum absolute atomic E-state index is 11.3. The molecule has 8 nitrogen and oxygen atoms in total. The largest absolute Gasteiger partial charge is 0.382 e. The number of H-pyrrole nitrogens is 1. The first-order valence-corrected chi connectivity index (χ1v) is 10.2. The van der Waals surface area contributed by atoms with E-state index in [9.17, 15) is 8.42 Å². The third kappa shape index (κ3) is 3.13. The van der Waals surface area contributed by atoms with Crippen molar-refractivity contribution in [3.05, 3.63) is 36.7 Å². The molecule has 0 atom stereocenters. The number of fused-ring (bicyclic) bond motifs is 3. The lowest BCUT2D eigenvalue weighted by Gasteiger charge is -2.03. The quantitative estimate of drug-likeness (QED) is 0.554. The topological polar surface area (TPSA) is 120 Å². The first kappa shape index (κ1) is 16.5. The molecule has 0 saturated heterocycles. The van der Waals surface area contributed by atoms with E-state index in [1.165, 1.54) is 6.26 Å². The lowest BCUT2D eigenvalue weighted by molar-refractivity contribution is 0.579. The van der Waals surface area contributed by atoms with Crippen LogP contribution in [-0.2, 0) is 16.4 Å². The molecule has 1 aromatic carbocycles. The molecule has 3 aromatic heterocycles. The predicted molar refractivity (Wildman–Crippen MR) is 101 cm³/mol. The zero-order valence-electron chi connectivity index (χ0n) is 14.2. The Hall–Kier alpha value is -2.94. The minimum atomic E-state index is -2.98. The van der Waals surface area contributed by atoms with Crippen LogP contribution in [0.3, 0.4) is 0 Å². The van der Waals surface area contributed by atoms with Crippen LogP contribution in [0.15, 0.2) is 36.7 Å². The molecule has 0 saturated carbocycles. The fraction of sp³-hybridized carbons (Fsp3) is 0.235. The molecule has 0 unspecified atom stereocenters. The summed E-state index contributed by atoms with van der Waals surface area (Å²) < 4.78 is 24.3. The number of nitrogen functional groups attached to an aromatic ring is 1. The second kappa shape index (κ2) is 6.10. The first-order chi connectivity index (χ1) is 12.4. The highest BCUT2D eigenvalue weighted by molar-refractivity contribution is 7.90. The Labute approximate surface area is 150 Å². The zero-order valence-corrected chi connectivity index (χ0v) is 15.0. The third-order valence-electron chi connectivity index (χ3n) is 4.23. The van der Waals surface area contributed by atoms with E-state index >= 15 is 0 Å². The molecular formula is C17H18N6O2S. The number of aromatic amines is 1. The van der Waals surface area contributed by atoms with Gasteiger partial charge in [-0.2, -0.15) is 10.2 Å². The van der Waals surface area contributed by atoms with Crippen LogP contribution < -0.4 is 5.73 Å². The fourth-order valence-corrected chi connectivity index (χ4v) is 3.68. The first-order valence-electron chi connectivity index (χ1n) is 8.15. The Morgan fingerprint density at radius 2 is 2.08 bits per heavy atom. The number of nitrogens with one attached hydrogen (secondary N) is 1. The van der Waals surface area contributed by atoms with Gasteiger partial charge in [0.05, 0.1) is 17.0 Å². The minimum Gasteiger partial charge on any atom is -0.382 e. The molecule has 0 bridgehead atoms. The van der Waals surface area contributed by atoms with Gasteiger partial charge < -0.3 is 5.73 Å². The van der Waals surface area contributed by atoms with Gasteiger partial charge in [-0.3, -0.25) is 9.78 Å². The second-order valence-electron chi connectivity index (χ2n) is 6.33. The van der Waals surface area contributed by atoms with Crippen molar-refractivity contribution in [2.75, 3.05) is 17.7 Å². The Bertz CT molecular complexity index is 1200. The van der Waals surface area contributed by atoms with Crippen LogP contribution in [0.5, 0.6) is 0 Å². The van der Waals surface area contributed by atoms with Gasteiger partial charge in [-0.05, 0) is 18.6 Å². The average Bonchev–Trinajstić information content (AvgIpc) is 3.23. The van der Waals surface area contributed by atoms with Gasteiger partial charge in [-0.1, -0.05) is 12.1 Å². The van der Waals surface area contributed by atoms with Crippen LogP contribution in [0.25, 0.3) is 33.1 Å². The molecule has 0 spiro atoms. The highest BCUT2D eigenvalue weighted by Crippen LogP contribution is 2.29. The van der Waals surface area contributed by atoms with Crippen molar-refractivity contribution in [2.45, 2.75) is 13.0 Å². The number of rotatable bonds is 5. The molecule has 0 aliphatic rings. The zero-order chi connectivity index (χ0) is 18.3. The van der Waals surface area contributed by atoms with E-state index < -0.39 is 9.84 Å². The lowest BCUT2D eigenvalue weighted by Crippen LogP contribution is -2.07. The molecule has 26 heavy (non-hydrogen) atoms. The van der Waals surface area contributed by atoms with E-state index in [0.29, 0.717) is 24.3 Å². The van der Waals surface area contributed by atoms with Gasteiger partial charge in [0.2, 0.25) is 0 Å². The number of hydrogen-bond acceptors (Lipinski definition) is 6. The Morgan fingerprint density at radius 1 is 1.23 bits per heavy atom. The molecular weight excluding hydrogens is 352 g/mol. The van der Waals surface area contributed by atoms with Crippen molar-refractivity contribution >= 4 is 37.5 Å². The van der Waals surface area contributed by atoms with E-state index in [-0.39, 0.29) is 5.75 Å². The molecule has 0 fully saturated rings. The SMILES string of the molecule is CS(=O)(=O)CCCn1cc2c(n1)c(N)nc1cc(-c3cc[nH]n3)ccc12. The molecule has 0 radical (unpaired) electrons. The Morgan fingerprint density at radius 3 is 2.81 bits per heavy atom. The third-order valence-corrected chi connectivity index (χ3v) is 5.26. The summed E-state index contributed by atoms with van der Waals surface area (Å²) in [5.41, 5.74) is 9.28. The smallest absolute Gasteiger partial charge is 0.152 e. The molecule has 134 valence electrons. The van der Waals surface area contributed by atoms with Crippen molar-refractivity contribution in [3.63, 3.8) is 0 Å². The van der Waals surface area contributed by atoms with Gasteiger partial charge in [0.25, 0.3) is 0 Å². The molecule has 4 aromatic rings. The van der Waals surface area contributed by atoms with E-state index in [0.717, 1.165) is 27.5 Å². The number of hydrogen-bond donors (Lipinski definition) is 2. The number of pyridine rings is 1. The second-order valence-corrected chi connectivity index (χ2v) is 8.59. The fourth-order valence-electron chi connectivity index (χ4n) is 3.03. The molecule has 4 rings (SSSR count). The Kier molecular flexibility index (Phi) is 3.87. The number of sulfone groups is 1. The summed E-state index contributed by atoms with van der Waals surface area (Å²) in [6.45, 7) is 0.508. The van der Waals surface area contributed by atoms with Gasteiger partial charge >= 0.3 is 0 Å². The van der Waals surface area contributed by atoms with Crippen molar-refractivity contribution in [2.24, 2.45) is 0 Å². The molecule has 0 aliphatic carbocycles. The van der Waals surface area contributed by atoms with Crippen LogP contribution >= 0.6 is 0 Å². The van der Waals surface area contributed by atoms with E-state index in [1.54, 1.807) is 10.9 Å². The predicted octanol–water partition coefficient (Wildman–Crippen LogP) is 1.99. The minimum absolute atomic E-state index is 0.130. The maximum Gasteiger partial charge on any atom is 0.152 e. The molecule has 3 heterocycles. The van der Waals surface area contributed by atoms with Crippen molar-refractivity contribution in [3.8, 4) is 11.3 Å². The molecule has 0 amide bonds. The summed E-state index contributed by atoms with van der Waals surface area (Å²) in [6.07, 6.45) is 5.40. The lowest BCUT2D eigenvalue weighted by atomic mass is 10.1. The van der Waals surface area contributed by atoms with Crippen LogP contribution in [-0.4, -0.2) is 45.4 Å². The number of aryl methyl sites for hydroxylation is 1. The van der Waals surface area contributed by atoms with Gasteiger partial charge in [-0.25, -0.2) is 13.4 Å². The standard InChI is InChI=1S/C17H18N6O2S/c1-26(24,25)8-2-7-23-10-13-12-4-3-11(14-5-6-19-21-14)9-15(12)20-17(18)16(13)22-23/h3-6,9-10H,2,7-8H2,1H3,(H2,18,20)(H,19,21). The van der Waals surface area contributed by atoms with E-state index in [2.05, 4.69) is 20.3 Å². The highest BCUT2D eigenvalue weighted by Gasteiger charge is 2.12. The number of anilines is 1. The summed E-state index contributed by atoms with van der Waals surface area (Å²) in [4.78, 5) is 4.48. The van der Waals surface area contributed by atoms with E-state index in [1.807, 2.05) is 30.5 Å². The summed E-state index contributed by atoms with van der Waals surface area (Å²) in [5.74, 6) is 0.485. The van der Waals surface area contributed by atoms with Gasteiger partial charge in [-0.15, -0.1) is 0 Å². The van der Waals surface area contributed by atoms with Crippen LogP contribution in [0.2, 0.25) is 0 Å². The van der Waals surface area contributed by atoms with Crippen LogP contribution in [0.1, 0.15) is 6.42 Å². The highest BCUT2D eigenvalue weighted by atomic mass is 32.2. The average molecular weight is 370 g/mol. The van der Waals surface area contributed by atoms with Crippen LogP contribution in [0.4, 0.5) is 5.82 Å². The summed E-state index contributed by atoms with van der Waals surface area (Å²) >= 11 is 0. The van der Waals surface area contributed by atoms with Crippen molar-refractivity contribution in [1.29, 1.82) is 0 Å². The number of aromatic nitrogens is 5. The summed E-state index contributed by atoms with van der Waals surface area (Å²) in [5, 5.41) is 13.3. The van der Waals surface area contributed by atoms with Gasteiger partial charge in [0.1, 0.15) is 15.4 Å². The van der Waals surface area contributed by atoms with Crippen molar-refractivity contribution < 1.29 is 8.42 Å². The maximum atomic E-state index is 11.3. The van der Waals surface area contributed by atoms with Crippen LogP contribution in [0, 0.1) is 0 Å². The number of benzene rings is 1. The molecule has 0 aliphatic heterocycles. The number of nitrogens with two attached hydrogens (primary N) is 1. The monoisotopic (exact) mass is 370 g/mol. The summed E-state index contributed by atoms with van der Waals surface area (Å²) in [7, 11) is -2.98. The van der Waals surface area contributed by atoms with E-state index in [4.69, 9.17) is 5.73 Å². The normalized spacial score (nSPS) is 12.2. The Balaban J connectivity index is 1.74.